The predicted molar refractivity (Wildman–Crippen MR) is 526 cm³/mol. The maximum atomic E-state index is 12.6. The van der Waals surface area contributed by atoms with Crippen LogP contribution in [0.3, 0.4) is 0 Å². The van der Waals surface area contributed by atoms with Crippen LogP contribution >= 0.6 is 82.0 Å². The van der Waals surface area contributed by atoms with Crippen LogP contribution in [0, 0.1) is 0 Å². The van der Waals surface area contributed by atoms with E-state index in [0.29, 0.717) is 69.4 Å². The zero-order valence-corrected chi connectivity index (χ0v) is 93.0. The number of nitrogens with two attached hydrogens (primary N) is 1. The second kappa shape index (κ2) is 60.5. The number of aryl methyl sites for hydroxylation is 2. The van der Waals surface area contributed by atoms with Gasteiger partial charge in [0.1, 0.15) is 50.3 Å². The summed E-state index contributed by atoms with van der Waals surface area (Å²) in [6, 6.07) is 7.75. The van der Waals surface area contributed by atoms with E-state index in [1.807, 2.05) is 27.7 Å². The zero-order valence-electron chi connectivity index (χ0n) is 86.6. The number of alkyl halides is 13. The summed E-state index contributed by atoms with van der Waals surface area (Å²) in [4.78, 5) is 138. The van der Waals surface area contributed by atoms with Crippen LogP contribution in [0.25, 0.3) is 33.8 Å². The van der Waals surface area contributed by atoms with Gasteiger partial charge in [-0.3, -0.25) is 19.2 Å². The minimum atomic E-state index is -4.63. The second-order valence-electron chi connectivity index (χ2n) is 36.9. The predicted octanol–water partition coefficient (Wildman–Crippen LogP) is 18.3. The third-order valence-electron chi connectivity index (χ3n) is 16.3. The molecule has 9 aromatic rings. The number of carbonyl (C=O) groups is 6. The molecule has 149 heavy (non-hydrogen) atoms. The Balaban J connectivity index is 0. The van der Waals surface area contributed by atoms with E-state index < -0.39 is 130 Å². The summed E-state index contributed by atoms with van der Waals surface area (Å²) in [6.07, 6.45) is -11.4. The molecule has 0 bridgehead atoms. The molecule has 1 saturated heterocycles. The van der Waals surface area contributed by atoms with Crippen molar-refractivity contribution in [3.05, 3.63) is 158 Å². The van der Waals surface area contributed by atoms with Crippen LogP contribution < -0.4 is 50.2 Å². The molecule has 58 heteroatoms. The van der Waals surface area contributed by atoms with Gasteiger partial charge in [-0.2, -0.15) is 67.6 Å². The van der Waals surface area contributed by atoms with Crippen molar-refractivity contribution in [1.82, 2.24) is 94.6 Å². The summed E-state index contributed by atoms with van der Waals surface area (Å²) in [5.41, 5.74) is 4.98. The Hall–Kier alpha value is -9.97. The fourth-order valence-electron chi connectivity index (χ4n) is 10.1. The van der Waals surface area contributed by atoms with Crippen molar-refractivity contribution < 1.29 is 165 Å². The number of halogens is 19. The average Bonchev–Trinajstić information content (AvgIpc) is 1.62. The number of imide groups is 1. The van der Waals surface area contributed by atoms with E-state index in [-0.39, 0.29) is 164 Å². The molecule has 0 saturated carbocycles. The number of hydrogen-bond donors (Lipinski definition) is 2. The van der Waals surface area contributed by atoms with Gasteiger partial charge in [-0.25, -0.2) is 89.2 Å². The van der Waals surface area contributed by atoms with Gasteiger partial charge in [-0.15, -0.1) is 24.0 Å². The molecular weight excluding hydrogens is 2160 g/mol. The van der Waals surface area contributed by atoms with Crippen molar-refractivity contribution in [3.8, 4) is 45.8 Å². The molecule has 1 aliphatic rings. The molecule has 10 heterocycles. The molecule has 3 N–H and O–H groups in total. The summed E-state index contributed by atoms with van der Waals surface area (Å²) in [7, 11) is -0.757. The molecule has 37 nitrogen and oxygen atoms in total. The van der Waals surface area contributed by atoms with Gasteiger partial charge < -0.3 is 59.5 Å². The monoisotopic (exact) mass is 2270 g/mol. The van der Waals surface area contributed by atoms with Crippen molar-refractivity contribution in [2.24, 2.45) is 5.73 Å². The first kappa shape index (κ1) is 139. The third-order valence-corrected chi connectivity index (χ3v) is 17.5. The quantitative estimate of drug-likeness (QED) is 0.0105. The summed E-state index contributed by atoms with van der Waals surface area (Å²) >= 11 is 33.9. The van der Waals surface area contributed by atoms with Crippen LogP contribution in [0.5, 0.6) is 12.0 Å². The van der Waals surface area contributed by atoms with E-state index in [0.717, 1.165) is 54.5 Å². The second-order valence-corrected chi connectivity index (χ2v) is 38.9. The fraction of sp³-hybridized carbons (Fsp3) is 0.538. The molecule has 822 valence electrons. The van der Waals surface area contributed by atoms with Crippen LogP contribution in [0.15, 0.2) is 79.9 Å². The van der Waals surface area contributed by atoms with Gasteiger partial charge in [0.15, 0.2) is 0 Å². The Kier molecular flexibility index (Phi) is 56.4. The molecule has 9 aromatic heterocycles. The Labute approximate surface area is 914 Å². The zero-order chi connectivity index (χ0) is 112. The number of aliphatic hydroxyl groups excluding tert-OH is 1. The number of carbonyl (C=O) groups excluding carboxylic acids is 6. The SMILES string of the molecule is C.CC(C)(C)OC(=O)CC(=O)OC(C)(C)C.CC(C)(C)OC(=O)CCc1cc(-c2cnc(C(F)(F)F)nc2)nc(Cl)n1.CC(C)(C)OC(=O)N(Cc1cc(Cl)nc(Cl)n1)C(=O)OC(C)(C)C.CC1(C)OB(c2cnc(C(F)(F)F)nc2)OC1(C)C.CCO.CCOc1nc(CCC(=O)OC(C)(C)C)cc(-c2cnc(C(F)(F)F)nc2)n1.CCOc1nc(CN)cc(-c2cnc(C(F)(F)F)nc2)n1.Cl.ClCc1cc(Cl)nc(Cl)n1.[H-].[Na+]. The first-order valence-electron chi connectivity index (χ1n) is 43.6. The van der Waals surface area contributed by atoms with E-state index >= 15 is 0 Å². The maximum absolute atomic E-state index is 12.6. The number of esters is 4. The largest absolute Gasteiger partial charge is 1.00 e. The van der Waals surface area contributed by atoms with Crippen molar-refractivity contribution in [1.29, 1.82) is 0 Å². The number of hydrogen-bond acceptors (Lipinski definition) is 36. The minimum absolute atomic E-state index is 0. The molecular formula is C91H119BCl7F12N20NaO17. The number of rotatable bonds is 20. The molecule has 0 radical (unpaired) electrons. The van der Waals surface area contributed by atoms with Crippen LogP contribution in [0.4, 0.5) is 62.3 Å². The van der Waals surface area contributed by atoms with E-state index in [1.54, 1.807) is 164 Å². The first-order valence-corrected chi connectivity index (χ1v) is 46.0. The van der Waals surface area contributed by atoms with Gasteiger partial charge in [0, 0.05) is 109 Å². The van der Waals surface area contributed by atoms with Crippen molar-refractivity contribution in [2.45, 2.75) is 301 Å². The average molecular weight is 2280 g/mol. The minimum Gasteiger partial charge on any atom is -1.00 e. The number of nitrogens with zero attached hydrogens (tertiary/aromatic N) is 19. The number of aromatic nitrogens is 18. The first-order chi connectivity index (χ1) is 66.8. The van der Waals surface area contributed by atoms with Crippen LogP contribution in [-0.4, -0.2) is 208 Å². The van der Waals surface area contributed by atoms with E-state index in [2.05, 4.69) is 89.7 Å². The summed E-state index contributed by atoms with van der Waals surface area (Å²) in [5, 5.41) is 7.92. The van der Waals surface area contributed by atoms with E-state index in [4.69, 9.17) is 128 Å². The fourth-order valence-corrected chi connectivity index (χ4v) is 11.4. The molecule has 0 aromatic carbocycles. The normalized spacial score (nSPS) is 12.7. The van der Waals surface area contributed by atoms with Gasteiger partial charge in [0.2, 0.25) is 39.1 Å². The molecule has 1 aliphatic heterocycles. The van der Waals surface area contributed by atoms with Gasteiger partial charge >= 0.3 is 109 Å². The molecule has 0 spiro atoms. The summed E-state index contributed by atoms with van der Waals surface area (Å²) in [6.45, 7) is 44.7. The third kappa shape index (κ3) is 55.2. The molecule has 0 unspecified atom stereocenters. The van der Waals surface area contributed by atoms with Gasteiger partial charge in [0.25, 0.3) is 0 Å². The Morgan fingerprint density at radius 3 is 0.966 bits per heavy atom. The number of amides is 2. The van der Waals surface area contributed by atoms with Crippen LogP contribution in [0.2, 0.25) is 26.2 Å². The Bertz CT molecular complexity index is 5640. The van der Waals surface area contributed by atoms with Gasteiger partial charge in [-0.1, -0.05) is 30.6 Å². The molecule has 0 aliphatic carbocycles. The molecule has 10 rings (SSSR count). The smallest absolute Gasteiger partial charge is 1.00 e. The molecule has 0 atom stereocenters. The Morgan fingerprint density at radius 1 is 0.403 bits per heavy atom. The molecule has 2 amide bonds. The molecule has 1 fully saturated rings. The number of ether oxygens (including phenoxy) is 8. The number of aliphatic hydroxyl groups is 1. The summed E-state index contributed by atoms with van der Waals surface area (Å²) < 4.78 is 203. The van der Waals surface area contributed by atoms with Gasteiger partial charge in [0.05, 0.1) is 83.8 Å². The Morgan fingerprint density at radius 2 is 0.671 bits per heavy atom. The van der Waals surface area contributed by atoms with Crippen LogP contribution in [-0.2, 0) is 113 Å². The topological polar surface area (TPSA) is 476 Å². The maximum Gasteiger partial charge on any atom is 1.00 e. The summed E-state index contributed by atoms with van der Waals surface area (Å²) in [5.74, 6) is -6.46. The van der Waals surface area contributed by atoms with Crippen LogP contribution in [0.1, 0.15) is 253 Å². The standard InChI is InChI=1S/C18H21F3N4O3.C16H16ClF3N4O2.C15H21Cl2N3O4.C12H12F3N5O.C11H14BF3N2O2.C11H20O4.C5H3Cl3N2.C2H6O.CH4.ClH.Na.H/c1-5-27-16-24-12(6-7-14(26)28-17(2,3)4)8-13(25-16)11-9-22-15(23-10-11)18(19,20)21;1-15(2,3)26-12(25)5-4-10-6-11(24-14(17)23-10)9-7-21-13(22-8-9)16(18,19)20;1-14(2,3)23-12(21)20(13(22)24-15(4,5)6)8-9-7-10(16)19-11(17)18-9;1-2-21-11-19-8(4-16)3-9(20-11)7-5-17-10(18-6-7)12(13,14)15;1-9(2)10(3,4)19-12(18-9)7-5-16-8(17-6-7)11(13,14)15;1-10(2,3)14-8(12)7-9(13)15-11(4,5)6;6-2-3-1-4(7)10-5(8)9-3;1-2-3;;;;/h8-10H,5-7H2,1-4H3;6-8H,4-5H2,1-3H3;7H,8H2,1-6H3;3,5-6H,2,4,16H2,1H3;5-6H,1-4H3;7H2,1-6H3;1H,2H2;3H,2H2,1H3;1H4;1H;;/q;;;;;;;;;;+1;-1. The van der Waals surface area contributed by atoms with Crippen molar-refractivity contribution in [2.75, 3.05) is 19.8 Å². The van der Waals surface area contributed by atoms with Crippen molar-refractivity contribution in [3.63, 3.8) is 0 Å². The van der Waals surface area contributed by atoms with Gasteiger partial charge in [-0.05, 0) is 238 Å². The van der Waals surface area contributed by atoms with E-state index in [1.165, 1.54) is 12.1 Å². The van der Waals surface area contributed by atoms with E-state index in [9.17, 15) is 81.5 Å². The van der Waals surface area contributed by atoms with Crippen molar-refractivity contribution >= 4 is 131 Å².